The second kappa shape index (κ2) is 6.71. The molecule has 0 radical (unpaired) electrons. The minimum absolute atomic E-state index is 0.112. The van der Waals surface area contributed by atoms with Crippen molar-refractivity contribution in [3.63, 3.8) is 0 Å². The Kier molecular flexibility index (Phi) is 5.48. The maximum absolute atomic E-state index is 12.8. The van der Waals surface area contributed by atoms with Crippen molar-refractivity contribution in [1.29, 1.82) is 0 Å². The zero-order valence-corrected chi connectivity index (χ0v) is 12.4. The first-order chi connectivity index (χ1) is 9.64. The molecule has 1 atom stereocenters. The smallest absolute Gasteiger partial charge is 0.412 e. The normalized spacial score (nSPS) is 13.0. The van der Waals surface area contributed by atoms with Gasteiger partial charge in [-0.2, -0.15) is 0 Å². The molecule has 3 N–H and O–H groups in total. The zero-order valence-electron chi connectivity index (χ0n) is 12.4. The van der Waals surface area contributed by atoms with E-state index in [-0.39, 0.29) is 11.3 Å². The van der Waals surface area contributed by atoms with Crippen molar-refractivity contribution in [2.24, 2.45) is 5.73 Å². The highest BCUT2D eigenvalue weighted by molar-refractivity contribution is 5.85. The molecule has 0 heterocycles. The number of hydrogen-bond donors (Lipinski definition) is 2. The van der Waals surface area contributed by atoms with Crippen molar-refractivity contribution in [3.8, 4) is 5.75 Å². The molecule has 5 nitrogen and oxygen atoms in total. The molecule has 0 aromatic heterocycles. The lowest BCUT2D eigenvalue weighted by Gasteiger charge is -2.20. The molecule has 0 aliphatic carbocycles. The molecule has 0 spiro atoms. The number of amides is 1. The first-order valence-electron chi connectivity index (χ1n) is 6.35. The Morgan fingerprint density at radius 2 is 1.95 bits per heavy atom. The van der Waals surface area contributed by atoms with E-state index in [4.69, 9.17) is 15.2 Å². The SMILES string of the molecule is COc1ccc(NC(=O)OC(C)(C)C)cc1C(N)C(F)F. The van der Waals surface area contributed by atoms with Crippen molar-refractivity contribution in [2.75, 3.05) is 12.4 Å². The lowest BCUT2D eigenvalue weighted by molar-refractivity contribution is 0.0636. The van der Waals surface area contributed by atoms with Crippen molar-refractivity contribution in [1.82, 2.24) is 0 Å². The van der Waals surface area contributed by atoms with Gasteiger partial charge in [-0.1, -0.05) is 0 Å². The first-order valence-corrected chi connectivity index (χ1v) is 6.35. The highest BCUT2D eigenvalue weighted by atomic mass is 19.3. The number of ether oxygens (including phenoxy) is 2. The van der Waals surface area contributed by atoms with Crippen LogP contribution in [0.15, 0.2) is 18.2 Å². The highest BCUT2D eigenvalue weighted by Crippen LogP contribution is 2.30. The van der Waals surface area contributed by atoms with Crippen LogP contribution in [0.3, 0.4) is 0 Å². The van der Waals surface area contributed by atoms with E-state index in [9.17, 15) is 13.6 Å². The molecule has 1 unspecified atom stereocenters. The van der Waals surface area contributed by atoms with E-state index in [1.165, 1.54) is 25.3 Å². The third-order valence-electron chi connectivity index (χ3n) is 2.51. The summed E-state index contributed by atoms with van der Waals surface area (Å²) in [6.07, 6.45) is -3.42. The summed E-state index contributed by atoms with van der Waals surface area (Å²) in [6.45, 7) is 5.16. The van der Waals surface area contributed by atoms with Gasteiger partial charge in [0.2, 0.25) is 0 Å². The van der Waals surface area contributed by atoms with Crippen LogP contribution in [0.5, 0.6) is 5.75 Å². The average molecular weight is 302 g/mol. The van der Waals surface area contributed by atoms with Crippen LogP contribution in [0, 0.1) is 0 Å². The average Bonchev–Trinajstić information content (AvgIpc) is 2.35. The molecule has 1 amide bonds. The van der Waals surface area contributed by atoms with Crippen LogP contribution in [-0.2, 0) is 4.74 Å². The number of nitrogens with one attached hydrogen (secondary N) is 1. The summed E-state index contributed by atoms with van der Waals surface area (Å²) in [5, 5.41) is 2.47. The Hall–Kier alpha value is -1.89. The number of carbonyl (C=O) groups excluding carboxylic acids is 1. The summed E-state index contributed by atoms with van der Waals surface area (Å²) in [5.74, 6) is 0.234. The van der Waals surface area contributed by atoms with Gasteiger partial charge in [0.25, 0.3) is 6.43 Å². The van der Waals surface area contributed by atoms with Gasteiger partial charge in [0, 0.05) is 11.3 Å². The van der Waals surface area contributed by atoms with E-state index in [0.717, 1.165) is 0 Å². The fraction of sp³-hybridized carbons (Fsp3) is 0.500. The molecule has 0 bridgehead atoms. The van der Waals surface area contributed by atoms with Gasteiger partial charge in [-0.15, -0.1) is 0 Å². The van der Waals surface area contributed by atoms with Gasteiger partial charge < -0.3 is 15.2 Å². The standard InChI is InChI=1S/C14H20F2N2O3/c1-14(2,3)21-13(19)18-8-5-6-10(20-4)9(7-8)11(17)12(15)16/h5-7,11-12H,17H2,1-4H3,(H,18,19). The minimum atomic E-state index is -2.74. The van der Waals surface area contributed by atoms with E-state index < -0.39 is 24.2 Å². The number of methoxy groups -OCH3 is 1. The van der Waals surface area contributed by atoms with Crippen molar-refractivity contribution in [3.05, 3.63) is 23.8 Å². The number of rotatable bonds is 4. The van der Waals surface area contributed by atoms with Gasteiger partial charge >= 0.3 is 6.09 Å². The second-order valence-electron chi connectivity index (χ2n) is 5.44. The summed E-state index contributed by atoms with van der Waals surface area (Å²) in [6, 6.07) is 2.83. The van der Waals surface area contributed by atoms with Gasteiger partial charge in [-0.25, -0.2) is 13.6 Å². The van der Waals surface area contributed by atoms with Crippen molar-refractivity contribution < 1.29 is 23.0 Å². The molecule has 118 valence electrons. The molecule has 7 heteroatoms. The third kappa shape index (κ3) is 5.18. The van der Waals surface area contributed by atoms with Crippen LogP contribution in [-0.4, -0.2) is 25.2 Å². The van der Waals surface area contributed by atoms with E-state index in [0.29, 0.717) is 5.69 Å². The summed E-state index contributed by atoms with van der Waals surface area (Å²) in [4.78, 5) is 11.7. The van der Waals surface area contributed by atoms with Crippen molar-refractivity contribution in [2.45, 2.75) is 38.8 Å². The number of benzene rings is 1. The van der Waals surface area contributed by atoms with Crippen LogP contribution in [0.2, 0.25) is 0 Å². The Bertz CT molecular complexity index is 501. The Morgan fingerprint density at radius 3 is 2.43 bits per heavy atom. The van der Waals surface area contributed by atoms with Crippen LogP contribution in [0.4, 0.5) is 19.3 Å². The molecular formula is C14H20F2N2O3. The number of nitrogens with two attached hydrogens (primary N) is 1. The molecule has 21 heavy (non-hydrogen) atoms. The maximum Gasteiger partial charge on any atom is 0.412 e. The number of alkyl halides is 2. The van der Waals surface area contributed by atoms with E-state index in [1.54, 1.807) is 20.8 Å². The van der Waals surface area contributed by atoms with Crippen molar-refractivity contribution >= 4 is 11.8 Å². The summed E-state index contributed by atoms with van der Waals surface area (Å²) < 4.78 is 35.6. The highest BCUT2D eigenvalue weighted by Gasteiger charge is 2.22. The quantitative estimate of drug-likeness (QED) is 0.895. The van der Waals surface area contributed by atoms with Gasteiger partial charge in [0.15, 0.2) is 0 Å². The van der Waals surface area contributed by atoms with E-state index >= 15 is 0 Å². The van der Waals surface area contributed by atoms with Gasteiger partial charge in [-0.3, -0.25) is 5.32 Å². The monoisotopic (exact) mass is 302 g/mol. The lowest BCUT2D eigenvalue weighted by Crippen LogP contribution is -2.27. The molecule has 1 rings (SSSR count). The van der Waals surface area contributed by atoms with E-state index in [2.05, 4.69) is 5.32 Å². The topological polar surface area (TPSA) is 73.6 Å². The third-order valence-corrected chi connectivity index (χ3v) is 2.51. The zero-order chi connectivity index (χ0) is 16.2. The lowest BCUT2D eigenvalue weighted by atomic mass is 10.1. The molecule has 0 saturated carbocycles. The van der Waals surface area contributed by atoms with Gasteiger partial charge in [-0.05, 0) is 39.0 Å². The number of anilines is 1. The second-order valence-corrected chi connectivity index (χ2v) is 5.44. The number of carbonyl (C=O) groups is 1. The maximum atomic E-state index is 12.8. The molecule has 0 fully saturated rings. The van der Waals surface area contributed by atoms with E-state index in [1.807, 2.05) is 0 Å². The summed E-state index contributed by atoms with van der Waals surface area (Å²) in [7, 11) is 1.36. The Morgan fingerprint density at radius 1 is 1.33 bits per heavy atom. The van der Waals surface area contributed by atoms with Crippen LogP contribution in [0.1, 0.15) is 32.4 Å². The largest absolute Gasteiger partial charge is 0.496 e. The number of hydrogen-bond acceptors (Lipinski definition) is 4. The molecule has 1 aromatic carbocycles. The first kappa shape index (κ1) is 17.2. The Balaban J connectivity index is 2.95. The minimum Gasteiger partial charge on any atom is -0.496 e. The fourth-order valence-electron chi connectivity index (χ4n) is 1.63. The predicted molar refractivity (Wildman–Crippen MR) is 75.8 cm³/mol. The molecule has 0 saturated heterocycles. The summed E-state index contributed by atoms with van der Waals surface area (Å²) in [5.41, 5.74) is 5.20. The summed E-state index contributed by atoms with van der Waals surface area (Å²) >= 11 is 0. The van der Waals surface area contributed by atoms with Crippen LogP contribution in [0.25, 0.3) is 0 Å². The van der Waals surface area contributed by atoms with Gasteiger partial charge in [0.05, 0.1) is 13.2 Å². The molecular weight excluding hydrogens is 282 g/mol. The van der Waals surface area contributed by atoms with Crippen LogP contribution >= 0.6 is 0 Å². The molecule has 1 aromatic rings. The van der Waals surface area contributed by atoms with Gasteiger partial charge in [0.1, 0.15) is 11.4 Å². The molecule has 0 aliphatic rings. The van der Waals surface area contributed by atoms with Crippen LogP contribution < -0.4 is 15.8 Å². The molecule has 0 aliphatic heterocycles. The number of halogens is 2. The predicted octanol–water partition coefficient (Wildman–Crippen LogP) is 3.31. The fourth-order valence-corrected chi connectivity index (χ4v) is 1.63. The Labute approximate surface area is 122 Å².